The molecule has 7 heterocycles. The number of hydroxylamine groups is 1. The number of aromatic nitrogens is 4. The molecule has 6 aromatic rings. The van der Waals surface area contributed by atoms with E-state index in [9.17, 15) is 27.9 Å². The highest BCUT2D eigenvalue weighted by atomic mass is 32.2. The van der Waals surface area contributed by atoms with Gasteiger partial charge < -0.3 is 50.1 Å². The first-order valence-electron chi connectivity index (χ1n) is 28.1. The van der Waals surface area contributed by atoms with Crippen LogP contribution in [0.3, 0.4) is 0 Å². The van der Waals surface area contributed by atoms with Crippen LogP contribution in [0.1, 0.15) is 118 Å². The standard InChI is InChI=1S/C59H71FN11O8S/c1-35(2)41-8-6-7-9-42(41)48-34-69(33-37-14-19-61-57-52(37)65-46-27-50(46)79-57)22-23-71(48)39-28-59(29-39)17-20-70(21-18-59)38-10-11-43(49(24-38)78-51-26-44-45(60)32-64-53(44)66-56(51)77-5)55(72)67-80(75,76)40-25-47(68(4)74)54(63-31-40)62-30-36-12-15-58(3,73)16-13-36/h6-11,14,19,24-26,31-32,35-36,39,46,48,50,65,73H,12-13,15-18,20-23,27-30,33-34H2,1-5H3,(H,62,63)(H,64,66)(H,67,72)/q-1/t36?,46?,48-,50?,58?/m0/s1. The van der Waals surface area contributed by atoms with E-state index in [0.717, 1.165) is 108 Å². The number of hydrogen-bond acceptors (Lipinski definition) is 17. The molecule has 80 heavy (non-hydrogen) atoms. The fraction of sp³-hybridized carbons (Fsp3) is 0.492. The Hall–Kier alpha value is -6.78. The molecule has 3 saturated carbocycles. The largest absolute Gasteiger partial charge is 0.758 e. The molecule has 1 amide bonds. The molecule has 3 aliphatic carbocycles. The van der Waals surface area contributed by atoms with Gasteiger partial charge in [0.2, 0.25) is 5.88 Å². The zero-order valence-corrected chi connectivity index (χ0v) is 46.8. The first-order valence-corrected chi connectivity index (χ1v) is 29.6. The maximum Gasteiger partial charge on any atom is 0.268 e. The van der Waals surface area contributed by atoms with Gasteiger partial charge in [-0.25, -0.2) is 27.5 Å². The smallest absolute Gasteiger partial charge is 0.268 e. The van der Waals surface area contributed by atoms with E-state index < -0.39 is 32.2 Å². The highest BCUT2D eigenvalue weighted by molar-refractivity contribution is 7.90. The number of hydrogen-bond donors (Lipinski definition) is 5. The molecular formula is C59H71FN11O8S-. The summed E-state index contributed by atoms with van der Waals surface area (Å²) in [6.45, 7) is 12.0. The van der Waals surface area contributed by atoms with Gasteiger partial charge in [-0.3, -0.25) is 14.6 Å². The van der Waals surface area contributed by atoms with Gasteiger partial charge in [0, 0.05) is 101 Å². The highest BCUT2D eigenvalue weighted by Crippen LogP contribution is 2.54. The Morgan fingerprint density at radius 1 is 1.02 bits per heavy atom. The number of H-pyrrole nitrogens is 1. The van der Waals surface area contributed by atoms with Crippen molar-refractivity contribution in [3.63, 3.8) is 0 Å². The molecule has 6 aliphatic rings. The van der Waals surface area contributed by atoms with Crippen molar-refractivity contribution in [3.05, 3.63) is 113 Å². The first-order chi connectivity index (χ1) is 38.4. The quantitative estimate of drug-likeness (QED) is 0.0570. The summed E-state index contributed by atoms with van der Waals surface area (Å²) < 4.78 is 63.3. The molecule has 4 aromatic heterocycles. The van der Waals surface area contributed by atoms with Crippen LogP contribution in [-0.4, -0.2) is 126 Å². The number of carbonyl (C=O) groups excluding carboxylic acids is 1. The number of piperazine rings is 1. The third-order valence-electron chi connectivity index (χ3n) is 17.8. The first kappa shape index (κ1) is 53.8. The van der Waals surface area contributed by atoms with Crippen molar-refractivity contribution >= 4 is 49.8 Å². The fourth-order valence-electron chi connectivity index (χ4n) is 13.0. The van der Waals surface area contributed by atoms with Gasteiger partial charge >= 0.3 is 0 Å². The Bertz CT molecular complexity index is 3410. The number of nitrogens with one attached hydrogen (secondary N) is 4. The maximum atomic E-state index is 15.0. The second-order valence-electron chi connectivity index (χ2n) is 23.7. The molecule has 1 spiro atoms. The summed E-state index contributed by atoms with van der Waals surface area (Å²) in [4.78, 5) is 37.6. The third kappa shape index (κ3) is 10.8. The lowest BCUT2D eigenvalue weighted by Gasteiger charge is -2.58. The summed E-state index contributed by atoms with van der Waals surface area (Å²) in [5.74, 6) is -0.0298. The van der Waals surface area contributed by atoms with Crippen LogP contribution in [0.25, 0.3) is 11.0 Å². The van der Waals surface area contributed by atoms with Crippen molar-refractivity contribution in [1.29, 1.82) is 0 Å². The average molecular weight is 1110 g/mol. The van der Waals surface area contributed by atoms with E-state index in [-0.39, 0.29) is 69.0 Å². The molecule has 2 saturated heterocycles. The van der Waals surface area contributed by atoms with Crippen LogP contribution in [-0.2, 0) is 16.6 Å². The monoisotopic (exact) mass is 1110 g/mol. The number of anilines is 4. The van der Waals surface area contributed by atoms with Crippen molar-refractivity contribution < 1.29 is 36.9 Å². The van der Waals surface area contributed by atoms with E-state index in [4.69, 9.17) is 14.2 Å². The van der Waals surface area contributed by atoms with Crippen molar-refractivity contribution in [2.75, 3.05) is 74.0 Å². The van der Waals surface area contributed by atoms with Crippen LogP contribution < -0.4 is 39.5 Å². The Morgan fingerprint density at radius 2 is 1.81 bits per heavy atom. The third-order valence-corrected chi connectivity index (χ3v) is 19.1. The van der Waals surface area contributed by atoms with Crippen LogP contribution in [0.4, 0.5) is 27.3 Å². The number of halogens is 1. The number of benzene rings is 2. The van der Waals surface area contributed by atoms with Crippen molar-refractivity contribution in [3.8, 4) is 23.3 Å². The van der Waals surface area contributed by atoms with E-state index in [2.05, 4.69) is 94.2 Å². The van der Waals surface area contributed by atoms with Crippen molar-refractivity contribution in [2.24, 2.45) is 11.3 Å². The van der Waals surface area contributed by atoms with E-state index in [0.29, 0.717) is 42.5 Å². The number of methoxy groups -OCH3 is 1. The molecular weight excluding hydrogens is 1040 g/mol. The SMILES string of the molecule is COc1nc2[nH]cc(F)c2cc1Oc1cc(N2CCC3(CC2)CC(N2CCN(Cc4ccnc5c4NC4CC4O5)C[C@H]2c2ccccc2C(C)C)C3)ccc1C(=O)NS(=O)(=O)c1cnc(NCC2CCC(C)(O)CC2)c(N(C)[O-])c1. The Kier molecular flexibility index (Phi) is 14.3. The van der Waals surface area contributed by atoms with Crippen LogP contribution in [0.2, 0.25) is 0 Å². The van der Waals surface area contributed by atoms with E-state index in [1.165, 1.54) is 55.2 Å². The second kappa shape index (κ2) is 21.3. The summed E-state index contributed by atoms with van der Waals surface area (Å²) in [5, 5.41) is 30.8. The highest BCUT2D eigenvalue weighted by Gasteiger charge is 2.50. The molecule has 2 unspecified atom stereocenters. The zero-order valence-electron chi connectivity index (χ0n) is 46.0. The topological polar surface area (TPSA) is 226 Å². The van der Waals surface area contributed by atoms with E-state index in [1.807, 2.05) is 13.1 Å². The summed E-state index contributed by atoms with van der Waals surface area (Å²) >= 11 is 0. The Labute approximate surface area is 466 Å². The molecule has 2 aromatic carbocycles. The van der Waals surface area contributed by atoms with Crippen LogP contribution in [0.15, 0.2) is 84.1 Å². The van der Waals surface area contributed by atoms with E-state index in [1.54, 1.807) is 12.1 Å². The van der Waals surface area contributed by atoms with E-state index >= 15 is 0 Å². The van der Waals surface area contributed by atoms with Gasteiger partial charge in [-0.1, -0.05) is 38.1 Å². The molecule has 3 atom stereocenters. The lowest BCUT2D eigenvalue weighted by molar-refractivity contribution is -0.0628. The Balaban J connectivity index is 0.754. The van der Waals surface area contributed by atoms with Gasteiger partial charge in [0.15, 0.2) is 5.75 Å². The minimum atomic E-state index is -4.61. The Morgan fingerprint density at radius 3 is 2.58 bits per heavy atom. The number of rotatable bonds is 16. The molecule has 21 heteroatoms. The summed E-state index contributed by atoms with van der Waals surface area (Å²) in [6.07, 6.45) is 12.4. The number of fused-ring (bicyclic) bond motifs is 3. The molecule has 5 N–H and O–H groups in total. The number of piperidine rings is 1. The molecule has 3 aliphatic heterocycles. The summed E-state index contributed by atoms with van der Waals surface area (Å²) in [6, 6.07) is 19.7. The van der Waals surface area contributed by atoms with Crippen LogP contribution in [0.5, 0.6) is 23.3 Å². The summed E-state index contributed by atoms with van der Waals surface area (Å²) in [7, 11) is -1.98. The number of carbonyl (C=O) groups is 1. The zero-order chi connectivity index (χ0) is 55.7. The second-order valence-corrected chi connectivity index (χ2v) is 25.4. The maximum absolute atomic E-state index is 15.0. The fourth-order valence-corrected chi connectivity index (χ4v) is 13.9. The van der Waals surface area contributed by atoms with Gasteiger partial charge in [0.25, 0.3) is 21.8 Å². The van der Waals surface area contributed by atoms with Gasteiger partial charge in [-0.05, 0) is 124 Å². The number of nitrogens with zero attached hydrogens (tertiary/aromatic N) is 7. The number of aromatic amines is 1. The van der Waals surface area contributed by atoms with Crippen molar-refractivity contribution in [1.82, 2.24) is 34.5 Å². The minimum Gasteiger partial charge on any atom is -0.758 e. The molecule has 5 fully saturated rings. The van der Waals surface area contributed by atoms with Gasteiger partial charge in [-0.15, -0.1) is 0 Å². The average Bonchev–Trinajstić information content (AvgIpc) is 3.99. The van der Waals surface area contributed by atoms with Gasteiger partial charge in [-0.2, -0.15) is 4.98 Å². The number of aliphatic hydroxyl groups is 1. The number of ether oxygens (including phenoxy) is 3. The predicted octanol–water partition coefficient (Wildman–Crippen LogP) is 9.08. The molecule has 0 bridgehead atoms. The molecule has 19 nitrogen and oxygen atoms in total. The lowest BCUT2D eigenvalue weighted by atomic mass is 9.59. The lowest BCUT2D eigenvalue weighted by Crippen LogP contribution is -2.60. The van der Waals surface area contributed by atoms with Gasteiger partial charge in [0.1, 0.15) is 39.7 Å². The minimum absolute atomic E-state index is 0.00621. The predicted molar refractivity (Wildman–Crippen MR) is 304 cm³/mol. The summed E-state index contributed by atoms with van der Waals surface area (Å²) in [5.41, 5.74) is 5.37. The molecule has 0 radical (unpaired) electrons. The van der Waals surface area contributed by atoms with Crippen molar-refractivity contribution in [2.45, 2.75) is 126 Å². The number of pyridine rings is 3. The normalized spacial score (nSPS) is 23.8. The number of sulfonamides is 1. The molecule has 12 rings (SSSR count). The van der Waals surface area contributed by atoms with Crippen LogP contribution in [0, 0.1) is 22.4 Å². The van der Waals surface area contributed by atoms with Gasteiger partial charge in [0.05, 0.1) is 35.4 Å². The van der Waals surface area contributed by atoms with Crippen LogP contribution >= 0.6 is 0 Å². The molecule has 424 valence electrons. The number of amides is 1.